The molecule has 1 unspecified atom stereocenters. The molecule has 0 heterocycles. The van der Waals surface area contributed by atoms with Crippen molar-refractivity contribution in [3.8, 4) is 0 Å². The van der Waals surface area contributed by atoms with Crippen LogP contribution in [0, 0.1) is 5.92 Å². The van der Waals surface area contributed by atoms with Crippen molar-refractivity contribution in [1.82, 2.24) is 4.72 Å². The minimum Gasteiger partial charge on any atom is -0.327 e. The van der Waals surface area contributed by atoms with Crippen LogP contribution in [0.3, 0.4) is 0 Å². The summed E-state index contributed by atoms with van der Waals surface area (Å²) >= 11 is 0. The number of hydrogen-bond acceptors (Lipinski definition) is 3. The van der Waals surface area contributed by atoms with E-state index in [1.165, 1.54) is 6.07 Å². The van der Waals surface area contributed by atoms with E-state index in [1.54, 1.807) is 0 Å². The van der Waals surface area contributed by atoms with Crippen LogP contribution in [0.4, 0.5) is 13.2 Å². The van der Waals surface area contributed by atoms with Gasteiger partial charge in [-0.1, -0.05) is 26.0 Å². The van der Waals surface area contributed by atoms with Gasteiger partial charge in [-0.15, -0.1) is 0 Å². The molecule has 0 saturated heterocycles. The van der Waals surface area contributed by atoms with E-state index < -0.39 is 32.7 Å². The smallest absolute Gasteiger partial charge is 0.327 e. The normalized spacial score (nSPS) is 14.4. The lowest BCUT2D eigenvalue weighted by atomic mass is 10.1. The Morgan fingerprint density at radius 1 is 1.24 bits per heavy atom. The highest BCUT2D eigenvalue weighted by Gasteiger charge is 2.36. The Bertz CT molecular complexity index is 571. The molecule has 0 aliphatic heterocycles. The zero-order chi connectivity index (χ0) is 16.3. The Morgan fingerprint density at radius 3 is 2.33 bits per heavy atom. The van der Waals surface area contributed by atoms with E-state index in [0.717, 1.165) is 18.2 Å². The van der Waals surface area contributed by atoms with Gasteiger partial charge in [-0.2, -0.15) is 13.2 Å². The first-order valence-corrected chi connectivity index (χ1v) is 7.94. The van der Waals surface area contributed by atoms with Gasteiger partial charge in [-0.3, -0.25) is 0 Å². The number of nitrogens with one attached hydrogen (secondary N) is 1. The maximum absolute atomic E-state index is 12.8. The number of alkyl halides is 3. The molecule has 8 heteroatoms. The molecule has 1 rings (SSSR count). The van der Waals surface area contributed by atoms with Crippen molar-refractivity contribution in [2.75, 3.05) is 6.54 Å². The average Bonchev–Trinajstić information content (AvgIpc) is 2.35. The van der Waals surface area contributed by atoms with E-state index in [1.807, 2.05) is 13.8 Å². The Morgan fingerprint density at radius 2 is 1.81 bits per heavy atom. The highest BCUT2D eigenvalue weighted by Crippen LogP contribution is 2.33. The van der Waals surface area contributed by atoms with Crippen LogP contribution in [0.5, 0.6) is 0 Å². The molecule has 3 N–H and O–H groups in total. The number of sulfonamides is 1. The lowest BCUT2D eigenvalue weighted by molar-refractivity contribution is -0.139. The maximum atomic E-state index is 12.8. The molecule has 0 spiro atoms. The van der Waals surface area contributed by atoms with Crippen molar-refractivity contribution >= 4 is 10.0 Å². The third kappa shape index (κ3) is 5.29. The van der Waals surface area contributed by atoms with Crippen molar-refractivity contribution in [2.24, 2.45) is 11.7 Å². The number of rotatable bonds is 6. The molecular weight excluding hydrogens is 305 g/mol. The number of benzene rings is 1. The first kappa shape index (κ1) is 17.9. The van der Waals surface area contributed by atoms with Gasteiger partial charge in [0.25, 0.3) is 0 Å². The minimum absolute atomic E-state index is 0.104. The van der Waals surface area contributed by atoms with E-state index in [9.17, 15) is 21.6 Å². The van der Waals surface area contributed by atoms with Gasteiger partial charge < -0.3 is 5.73 Å². The summed E-state index contributed by atoms with van der Waals surface area (Å²) < 4.78 is 64.7. The molecule has 1 aromatic rings. The van der Waals surface area contributed by atoms with Gasteiger partial charge in [0.15, 0.2) is 0 Å². The number of hydrogen-bond donors (Lipinski definition) is 2. The molecule has 0 aliphatic carbocycles. The van der Waals surface area contributed by atoms with E-state index in [0.29, 0.717) is 6.42 Å². The summed E-state index contributed by atoms with van der Waals surface area (Å²) in [7, 11) is -4.25. The van der Waals surface area contributed by atoms with Gasteiger partial charge in [0, 0.05) is 12.6 Å². The van der Waals surface area contributed by atoms with Crippen LogP contribution < -0.4 is 10.5 Å². The average molecular weight is 324 g/mol. The summed E-state index contributed by atoms with van der Waals surface area (Å²) in [5, 5.41) is 0. The third-order valence-electron chi connectivity index (χ3n) is 2.79. The van der Waals surface area contributed by atoms with E-state index in [4.69, 9.17) is 5.73 Å². The summed E-state index contributed by atoms with van der Waals surface area (Å²) in [6, 6.07) is 3.61. The fourth-order valence-electron chi connectivity index (χ4n) is 1.92. The van der Waals surface area contributed by atoms with E-state index in [2.05, 4.69) is 4.72 Å². The van der Waals surface area contributed by atoms with Crippen LogP contribution in [0.25, 0.3) is 0 Å². The molecule has 120 valence electrons. The first-order valence-electron chi connectivity index (χ1n) is 6.45. The van der Waals surface area contributed by atoms with Crippen molar-refractivity contribution in [2.45, 2.75) is 37.4 Å². The SMILES string of the molecule is CC(C)CC(N)CNS(=O)(=O)c1ccccc1C(F)(F)F. The van der Waals surface area contributed by atoms with Crippen molar-refractivity contribution < 1.29 is 21.6 Å². The molecule has 0 radical (unpaired) electrons. The van der Waals surface area contributed by atoms with Crippen molar-refractivity contribution in [1.29, 1.82) is 0 Å². The second-order valence-electron chi connectivity index (χ2n) is 5.24. The Kier molecular flexibility index (Phi) is 5.77. The Balaban J connectivity index is 2.94. The summed E-state index contributed by atoms with van der Waals surface area (Å²) in [6.07, 6.45) is -4.16. The highest BCUT2D eigenvalue weighted by atomic mass is 32.2. The standard InChI is InChI=1S/C13H19F3N2O2S/c1-9(2)7-10(17)8-18-21(19,20)12-6-4-3-5-11(12)13(14,15)16/h3-6,9-10,18H,7-8,17H2,1-2H3. The molecule has 1 aromatic carbocycles. The molecule has 0 amide bonds. The molecular formula is C13H19F3N2O2S. The largest absolute Gasteiger partial charge is 0.417 e. The second kappa shape index (κ2) is 6.76. The second-order valence-corrected chi connectivity index (χ2v) is 6.97. The van der Waals surface area contributed by atoms with E-state index >= 15 is 0 Å². The van der Waals surface area contributed by atoms with Gasteiger partial charge in [-0.25, -0.2) is 13.1 Å². The predicted octanol–water partition coefficient (Wildman–Crippen LogP) is 2.36. The molecule has 21 heavy (non-hydrogen) atoms. The molecule has 0 aliphatic rings. The van der Waals surface area contributed by atoms with Gasteiger partial charge in [-0.05, 0) is 24.5 Å². The molecule has 0 fully saturated rings. The summed E-state index contributed by atoms with van der Waals surface area (Å²) in [5.74, 6) is 0.270. The topological polar surface area (TPSA) is 72.2 Å². The Labute approximate surface area is 122 Å². The maximum Gasteiger partial charge on any atom is 0.417 e. The first-order chi connectivity index (χ1) is 9.54. The van der Waals surface area contributed by atoms with E-state index in [-0.39, 0.29) is 12.5 Å². The van der Waals surface area contributed by atoms with Crippen molar-refractivity contribution in [3.63, 3.8) is 0 Å². The fourth-order valence-corrected chi connectivity index (χ4v) is 3.24. The minimum atomic E-state index is -4.73. The summed E-state index contributed by atoms with van der Waals surface area (Å²) in [4.78, 5) is -0.783. The highest BCUT2D eigenvalue weighted by molar-refractivity contribution is 7.89. The van der Waals surface area contributed by atoms with Crippen LogP contribution in [0.1, 0.15) is 25.8 Å². The van der Waals surface area contributed by atoms with Gasteiger partial charge in [0.05, 0.1) is 10.5 Å². The molecule has 0 bridgehead atoms. The monoisotopic (exact) mass is 324 g/mol. The summed E-state index contributed by atoms with van der Waals surface area (Å²) in [6.45, 7) is 3.74. The summed E-state index contributed by atoms with van der Waals surface area (Å²) in [5.41, 5.74) is 4.55. The molecule has 4 nitrogen and oxygen atoms in total. The van der Waals surface area contributed by atoms with Crippen LogP contribution in [0.15, 0.2) is 29.2 Å². The number of halogens is 3. The molecule has 0 aromatic heterocycles. The van der Waals surface area contributed by atoms with Gasteiger partial charge in [0.2, 0.25) is 10.0 Å². The molecule has 1 atom stereocenters. The van der Waals surface area contributed by atoms with Crippen LogP contribution in [-0.4, -0.2) is 21.0 Å². The Hall–Kier alpha value is -1.12. The zero-order valence-electron chi connectivity index (χ0n) is 11.8. The third-order valence-corrected chi connectivity index (χ3v) is 4.27. The van der Waals surface area contributed by atoms with Crippen LogP contribution in [0.2, 0.25) is 0 Å². The fraction of sp³-hybridized carbons (Fsp3) is 0.538. The van der Waals surface area contributed by atoms with Crippen molar-refractivity contribution in [3.05, 3.63) is 29.8 Å². The van der Waals surface area contributed by atoms with Gasteiger partial charge in [0.1, 0.15) is 0 Å². The quantitative estimate of drug-likeness (QED) is 0.844. The number of nitrogens with two attached hydrogens (primary N) is 1. The predicted molar refractivity (Wildman–Crippen MR) is 74.1 cm³/mol. The zero-order valence-corrected chi connectivity index (χ0v) is 12.6. The van der Waals surface area contributed by atoms with Gasteiger partial charge >= 0.3 is 6.18 Å². The van der Waals surface area contributed by atoms with Crippen LogP contribution >= 0.6 is 0 Å². The van der Waals surface area contributed by atoms with Crippen LogP contribution in [-0.2, 0) is 16.2 Å². The molecule has 0 saturated carbocycles. The lowest BCUT2D eigenvalue weighted by Crippen LogP contribution is -2.38. The lowest BCUT2D eigenvalue weighted by Gasteiger charge is -2.17.